The van der Waals surface area contributed by atoms with Crippen molar-refractivity contribution in [1.82, 2.24) is 14.9 Å². The third-order valence-corrected chi connectivity index (χ3v) is 7.22. The molecule has 3 aromatic carbocycles. The monoisotopic (exact) mass is 407 g/mol. The van der Waals surface area contributed by atoms with Crippen LogP contribution >= 0.6 is 11.3 Å². The Bertz CT molecular complexity index is 1350. The normalized spacial score (nSPS) is 16.8. The van der Waals surface area contributed by atoms with Gasteiger partial charge in [0.05, 0.1) is 22.9 Å². The Morgan fingerprint density at radius 1 is 0.933 bits per heavy atom. The summed E-state index contributed by atoms with van der Waals surface area (Å²) < 4.78 is 1.37. The molecule has 2 aromatic heterocycles. The fourth-order valence-corrected chi connectivity index (χ4v) is 5.70. The molecule has 0 fully saturated rings. The number of nitrogens with zero attached hydrogens (tertiary/aromatic N) is 3. The second kappa shape index (κ2) is 7.01. The highest BCUT2D eigenvalue weighted by molar-refractivity contribution is 7.19. The number of hydrogen-bond acceptors (Lipinski definition) is 4. The third-order valence-electron chi connectivity index (χ3n) is 5.99. The van der Waals surface area contributed by atoms with Crippen molar-refractivity contribution in [2.24, 2.45) is 0 Å². The topological polar surface area (TPSA) is 29.0 Å². The second-order valence-corrected chi connectivity index (χ2v) is 9.21. The molecule has 1 unspecified atom stereocenters. The molecule has 30 heavy (non-hydrogen) atoms. The van der Waals surface area contributed by atoms with Crippen molar-refractivity contribution in [1.29, 1.82) is 0 Å². The summed E-state index contributed by atoms with van der Waals surface area (Å²) in [5.41, 5.74) is 6.77. The second-order valence-electron chi connectivity index (χ2n) is 8.09. The summed E-state index contributed by atoms with van der Waals surface area (Å²) in [6.07, 6.45) is 1.89. The van der Waals surface area contributed by atoms with E-state index in [9.17, 15) is 0 Å². The SMILES string of the molecule is CN1Cc2cc(-c3cnc4ccccc4n3)ccc2C(c2cc3ccccc3s2)C1. The summed E-state index contributed by atoms with van der Waals surface area (Å²) in [7, 11) is 2.21. The number of aromatic nitrogens is 2. The van der Waals surface area contributed by atoms with Gasteiger partial charge in [-0.15, -0.1) is 11.3 Å². The first kappa shape index (κ1) is 17.8. The Hall–Kier alpha value is -3.08. The fourth-order valence-electron chi connectivity index (χ4n) is 4.52. The average molecular weight is 408 g/mol. The van der Waals surface area contributed by atoms with Gasteiger partial charge in [0.25, 0.3) is 0 Å². The van der Waals surface area contributed by atoms with Gasteiger partial charge in [-0.05, 0) is 53.9 Å². The van der Waals surface area contributed by atoms with Gasteiger partial charge >= 0.3 is 0 Å². The van der Waals surface area contributed by atoms with Crippen molar-refractivity contribution < 1.29 is 0 Å². The molecule has 0 spiro atoms. The molecule has 1 atom stereocenters. The maximum atomic E-state index is 4.85. The van der Waals surface area contributed by atoms with Gasteiger partial charge in [0, 0.05) is 34.1 Å². The lowest BCUT2D eigenvalue weighted by Crippen LogP contribution is -2.30. The molecule has 3 heterocycles. The van der Waals surface area contributed by atoms with Crippen molar-refractivity contribution in [3.05, 3.63) is 95.0 Å². The molecule has 0 radical (unpaired) electrons. The van der Waals surface area contributed by atoms with Crippen LogP contribution in [0, 0.1) is 0 Å². The molecule has 0 aliphatic carbocycles. The third kappa shape index (κ3) is 3.00. The molecule has 146 valence electrons. The number of para-hydroxylation sites is 2. The minimum Gasteiger partial charge on any atom is -0.301 e. The van der Waals surface area contributed by atoms with Crippen LogP contribution in [0.1, 0.15) is 21.9 Å². The molecule has 6 rings (SSSR count). The van der Waals surface area contributed by atoms with Gasteiger partial charge in [-0.2, -0.15) is 0 Å². The van der Waals surface area contributed by atoms with E-state index >= 15 is 0 Å². The predicted molar refractivity (Wildman–Crippen MR) is 125 cm³/mol. The minimum absolute atomic E-state index is 0.410. The fraction of sp³-hybridized carbons (Fsp3) is 0.154. The Morgan fingerprint density at radius 3 is 2.67 bits per heavy atom. The number of fused-ring (bicyclic) bond motifs is 3. The largest absolute Gasteiger partial charge is 0.301 e. The molecule has 5 aromatic rings. The zero-order valence-electron chi connectivity index (χ0n) is 16.7. The van der Waals surface area contributed by atoms with Crippen LogP contribution in [-0.4, -0.2) is 28.5 Å². The first-order valence-electron chi connectivity index (χ1n) is 10.3. The molecule has 1 aliphatic heterocycles. The smallest absolute Gasteiger partial charge is 0.0894 e. The first-order chi connectivity index (χ1) is 14.7. The number of thiophene rings is 1. The van der Waals surface area contributed by atoms with Crippen LogP contribution in [0.2, 0.25) is 0 Å². The van der Waals surface area contributed by atoms with E-state index in [4.69, 9.17) is 4.98 Å². The summed E-state index contributed by atoms with van der Waals surface area (Å²) in [5, 5.41) is 1.34. The van der Waals surface area contributed by atoms with Crippen molar-refractivity contribution >= 4 is 32.5 Å². The van der Waals surface area contributed by atoms with Gasteiger partial charge in [-0.25, -0.2) is 4.98 Å². The van der Waals surface area contributed by atoms with Gasteiger partial charge in [-0.1, -0.05) is 42.5 Å². The Labute approximate surface area is 179 Å². The molecule has 4 heteroatoms. The minimum atomic E-state index is 0.410. The van der Waals surface area contributed by atoms with E-state index in [2.05, 4.69) is 65.5 Å². The van der Waals surface area contributed by atoms with Crippen LogP contribution in [0.3, 0.4) is 0 Å². The number of hydrogen-bond donors (Lipinski definition) is 0. The summed E-state index contributed by atoms with van der Waals surface area (Å²) in [6, 6.07) is 25.9. The highest BCUT2D eigenvalue weighted by Crippen LogP contribution is 2.39. The van der Waals surface area contributed by atoms with Crippen LogP contribution in [0.25, 0.3) is 32.4 Å². The van der Waals surface area contributed by atoms with Gasteiger partial charge in [0.2, 0.25) is 0 Å². The average Bonchev–Trinajstić information content (AvgIpc) is 3.22. The maximum Gasteiger partial charge on any atom is 0.0894 e. The van der Waals surface area contributed by atoms with Crippen LogP contribution in [-0.2, 0) is 6.54 Å². The van der Waals surface area contributed by atoms with Crippen LogP contribution in [0.5, 0.6) is 0 Å². The molecule has 0 N–H and O–H groups in total. The predicted octanol–water partition coefficient (Wildman–Crippen LogP) is 6.09. The van der Waals surface area contributed by atoms with E-state index in [1.165, 1.54) is 26.1 Å². The summed E-state index contributed by atoms with van der Waals surface area (Å²) in [6.45, 7) is 2.01. The van der Waals surface area contributed by atoms with Gasteiger partial charge in [0.1, 0.15) is 0 Å². The van der Waals surface area contributed by atoms with E-state index < -0.39 is 0 Å². The molecule has 3 nitrogen and oxygen atoms in total. The Kier molecular flexibility index (Phi) is 4.15. The lowest BCUT2D eigenvalue weighted by Gasteiger charge is -2.32. The molecular weight excluding hydrogens is 386 g/mol. The van der Waals surface area contributed by atoms with Crippen LogP contribution in [0.4, 0.5) is 0 Å². The van der Waals surface area contributed by atoms with Gasteiger partial charge < -0.3 is 4.90 Å². The van der Waals surface area contributed by atoms with E-state index in [1.807, 2.05) is 41.8 Å². The van der Waals surface area contributed by atoms with Crippen molar-refractivity contribution in [2.45, 2.75) is 12.5 Å². The van der Waals surface area contributed by atoms with Crippen molar-refractivity contribution in [3.8, 4) is 11.3 Å². The Balaban J connectivity index is 1.43. The summed E-state index contributed by atoms with van der Waals surface area (Å²) in [5.74, 6) is 0.410. The van der Waals surface area contributed by atoms with Crippen molar-refractivity contribution in [3.63, 3.8) is 0 Å². The zero-order valence-corrected chi connectivity index (χ0v) is 17.6. The molecule has 0 amide bonds. The molecule has 0 saturated heterocycles. The molecular formula is C26H21N3S. The number of likely N-dealkylation sites (N-methyl/N-ethyl adjacent to an activating group) is 1. The zero-order chi connectivity index (χ0) is 20.1. The number of benzene rings is 3. The Morgan fingerprint density at radius 2 is 1.77 bits per heavy atom. The summed E-state index contributed by atoms with van der Waals surface area (Å²) >= 11 is 1.92. The van der Waals surface area contributed by atoms with E-state index in [1.54, 1.807) is 0 Å². The molecule has 0 bridgehead atoms. The highest BCUT2D eigenvalue weighted by Gasteiger charge is 2.26. The summed E-state index contributed by atoms with van der Waals surface area (Å²) in [4.78, 5) is 13.3. The number of rotatable bonds is 2. The van der Waals surface area contributed by atoms with Crippen LogP contribution in [0.15, 0.2) is 79.0 Å². The van der Waals surface area contributed by atoms with Gasteiger partial charge in [-0.3, -0.25) is 4.98 Å². The standard InChI is InChI=1S/C26H21N3S/c1-29-15-19-12-17(24-14-27-22-7-3-4-8-23(22)28-24)10-11-20(19)21(16-29)26-13-18-6-2-5-9-25(18)30-26/h2-14,21H,15-16H2,1H3. The molecule has 0 saturated carbocycles. The first-order valence-corrected chi connectivity index (χ1v) is 11.1. The molecule has 1 aliphatic rings. The van der Waals surface area contributed by atoms with E-state index in [-0.39, 0.29) is 0 Å². The maximum absolute atomic E-state index is 4.85. The quantitative estimate of drug-likeness (QED) is 0.355. The van der Waals surface area contributed by atoms with Crippen LogP contribution < -0.4 is 0 Å². The van der Waals surface area contributed by atoms with E-state index in [0.717, 1.165) is 35.4 Å². The lowest BCUT2D eigenvalue weighted by molar-refractivity contribution is 0.296. The van der Waals surface area contributed by atoms with Gasteiger partial charge in [0.15, 0.2) is 0 Å². The van der Waals surface area contributed by atoms with Crippen molar-refractivity contribution in [2.75, 3.05) is 13.6 Å². The van der Waals surface area contributed by atoms with E-state index in [0.29, 0.717) is 5.92 Å². The highest BCUT2D eigenvalue weighted by atomic mass is 32.1. The lowest BCUT2D eigenvalue weighted by atomic mass is 9.87.